The minimum absolute atomic E-state index is 0.0792. The summed E-state index contributed by atoms with van der Waals surface area (Å²) >= 11 is 11.7. The molecule has 2 N–H and O–H groups in total. The van der Waals surface area contributed by atoms with E-state index in [1.807, 2.05) is 26.0 Å². The van der Waals surface area contributed by atoms with Crippen LogP contribution in [0.2, 0.25) is 5.02 Å². The highest BCUT2D eigenvalue weighted by Crippen LogP contribution is 2.30. The van der Waals surface area contributed by atoms with Crippen LogP contribution < -0.4 is 5.32 Å². The van der Waals surface area contributed by atoms with E-state index in [1.54, 1.807) is 12.1 Å². The Morgan fingerprint density at radius 3 is 2.43 bits per heavy atom. The quantitative estimate of drug-likeness (QED) is 0.651. The molecule has 0 radical (unpaired) electrons. The van der Waals surface area contributed by atoms with Crippen molar-refractivity contribution >= 4 is 41.1 Å². The first-order chi connectivity index (χ1) is 13.2. The number of carbonyl (C=O) groups is 3. The molecule has 7 nitrogen and oxygen atoms in total. The Bertz CT molecular complexity index is 726. The molecule has 0 spiro atoms. The van der Waals surface area contributed by atoms with Crippen LogP contribution >= 0.6 is 23.2 Å². The summed E-state index contributed by atoms with van der Waals surface area (Å²) in [6.45, 7) is 3.97. The van der Waals surface area contributed by atoms with Crippen molar-refractivity contribution in [2.75, 3.05) is 25.5 Å². The van der Waals surface area contributed by atoms with Gasteiger partial charge in [0.15, 0.2) is 0 Å². The van der Waals surface area contributed by atoms with Crippen LogP contribution in [0.25, 0.3) is 0 Å². The maximum atomic E-state index is 13.1. The fourth-order valence-corrected chi connectivity index (χ4v) is 3.69. The fraction of sp³-hybridized carbons (Fsp3) is 0.526. The number of hydrogen-bond donors (Lipinski definition) is 2. The maximum Gasteiger partial charge on any atom is 0.407 e. The van der Waals surface area contributed by atoms with Crippen molar-refractivity contribution in [2.24, 2.45) is 0 Å². The lowest BCUT2D eigenvalue weighted by atomic mass is 9.93. The Morgan fingerprint density at radius 2 is 1.93 bits per heavy atom. The number of rotatable bonds is 7. The average molecular weight is 430 g/mol. The van der Waals surface area contributed by atoms with E-state index in [1.165, 1.54) is 4.90 Å². The number of amides is 3. The SMILES string of the molecule is CC(C)NC(=O)[C@]1(N(CCc2ccc(Cl)cc2)C(=O)CCl)CCN(C(=O)O)C1. The first-order valence-electron chi connectivity index (χ1n) is 9.09. The third-order valence-corrected chi connectivity index (χ3v) is 5.31. The molecule has 0 bridgehead atoms. The van der Waals surface area contributed by atoms with Gasteiger partial charge in [-0.05, 0) is 44.4 Å². The molecule has 1 aromatic carbocycles. The summed E-state index contributed by atoms with van der Waals surface area (Å²) in [4.78, 5) is 39.8. The number of carboxylic acid groups (broad SMARTS) is 1. The van der Waals surface area contributed by atoms with E-state index in [-0.39, 0.29) is 43.9 Å². The number of likely N-dealkylation sites (tertiary alicyclic amines) is 1. The molecule has 1 fully saturated rings. The summed E-state index contributed by atoms with van der Waals surface area (Å²) in [7, 11) is 0. The minimum Gasteiger partial charge on any atom is -0.465 e. The summed E-state index contributed by atoms with van der Waals surface area (Å²) < 4.78 is 0. The molecule has 2 rings (SSSR count). The first-order valence-corrected chi connectivity index (χ1v) is 10.0. The lowest BCUT2D eigenvalue weighted by Gasteiger charge is -2.40. The summed E-state index contributed by atoms with van der Waals surface area (Å²) in [5.41, 5.74) is -0.328. The second-order valence-corrected chi connectivity index (χ2v) is 7.87. The van der Waals surface area contributed by atoms with Gasteiger partial charge in [-0.25, -0.2) is 4.79 Å². The van der Waals surface area contributed by atoms with Crippen LogP contribution in [0.5, 0.6) is 0 Å². The second-order valence-electron chi connectivity index (χ2n) is 7.17. The van der Waals surface area contributed by atoms with Crippen LogP contribution in [-0.4, -0.2) is 69.9 Å². The van der Waals surface area contributed by atoms with E-state index in [4.69, 9.17) is 23.2 Å². The van der Waals surface area contributed by atoms with E-state index in [0.717, 1.165) is 10.5 Å². The topological polar surface area (TPSA) is 90.0 Å². The third-order valence-electron chi connectivity index (χ3n) is 4.83. The fourth-order valence-electron chi connectivity index (χ4n) is 3.42. The Kier molecular flexibility index (Phi) is 7.55. The Labute approximate surface area is 174 Å². The van der Waals surface area contributed by atoms with Gasteiger partial charge in [0.05, 0.1) is 6.54 Å². The Hall–Kier alpha value is -1.99. The number of alkyl halides is 1. The number of carbonyl (C=O) groups excluding carboxylic acids is 2. The lowest BCUT2D eigenvalue weighted by molar-refractivity contribution is -0.146. The normalized spacial score (nSPS) is 19.0. The number of nitrogens with one attached hydrogen (secondary N) is 1. The Morgan fingerprint density at radius 1 is 1.29 bits per heavy atom. The van der Waals surface area contributed by atoms with Crippen LogP contribution in [-0.2, 0) is 16.0 Å². The van der Waals surface area contributed by atoms with E-state index in [0.29, 0.717) is 11.4 Å². The highest BCUT2D eigenvalue weighted by molar-refractivity contribution is 6.30. The molecule has 1 heterocycles. The van der Waals surface area contributed by atoms with Crippen molar-refractivity contribution in [3.05, 3.63) is 34.9 Å². The lowest BCUT2D eigenvalue weighted by Crippen LogP contribution is -2.63. The summed E-state index contributed by atoms with van der Waals surface area (Å²) in [5.74, 6) is -1.05. The molecular weight excluding hydrogens is 405 g/mol. The van der Waals surface area contributed by atoms with Gasteiger partial charge in [-0.2, -0.15) is 0 Å². The van der Waals surface area contributed by atoms with E-state index >= 15 is 0 Å². The van der Waals surface area contributed by atoms with Gasteiger partial charge < -0.3 is 20.2 Å². The van der Waals surface area contributed by atoms with Gasteiger partial charge in [-0.15, -0.1) is 11.6 Å². The van der Waals surface area contributed by atoms with E-state index in [2.05, 4.69) is 5.32 Å². The molecule has 0 aromatic heterocycles. The number of halogens is 2. The highest BCUT2D eigenvalue weighted by atomic mass is 35.5. The molecule has 1 aliphatic heterocycles. The molecule has 3 amide bonds. The summed E-state index contributed by atoms with van der Waals surface area (Å²) in [5, 5.41) is 12.8. The number of hydrogen-bond acceptors (Lipinski definition) is 3. The highest BCUT2D eigenvalue weighted by Gasteiger charge is 2.52. The standard InChI is InChI=1S/C19H25Cl2N3O4/c1-13(2)22-17(26)19(8-10-23(12-19)18(27)28)24(16(25)11-20)9-7-14-3-5-15(21)6-4-14/h3-6,13H,7-12H2,1-2H3,(H,22,26)(H,27,28)/t19-/m0/s1. The van der Waals surface area contributed by atoms with Gasteiger partial charge in [0.25, 0.3) is 0 Å². The van der Waals surface area contributed by atoms with Crippen molar-refractivity contribution in [1.82, 2.24) is 15.1 Å². The molecule has 1 atom stereocenters. The molecule has 0 aliphatic carbocycles. The number of nitrogens with zero attached hydrogens (tertiary/aromatic N) is 2. The van der Waals surface area contributed by atoms with Gasteiger partial charge in [0.2, 0.25) is 11.8 Å². The van der Waals surface area contributed by atoms with Crippen molar-refractivity contribution < 1.29 is 19.5 Å². The van der Waals surface area contributed by atoms with E-state index < -0.39 is 17.5 Å². The van der Waals surface area contributed by atoms with Gasteiger partial charge >= 0.3 is 6.09 Å². The zero-order valence-electron chi connectivity index (χ0n) is 16.0. The van der Waals surface area contributed by atoms with Gasteiger partial charge in [-0.1, -0.05) is 23.7 Å². The predicted molar refractivity (Wildman–Crippen MR) is 108 cm³/mol. The van der Waals surface area contributed by atoms with Crippen LogP contribution in [0, 0.1) is 0 Å². The van der Waals surface area contributed by atoms with Crippen molar-refractivity contribution in [3.8, 4) is 0 Å². The zero-order valence-corrected chi connectivity index (χ0v) is 17.5. The molecule has 0 saturated carbocycles. The Balaban J connectivity index is 2.32. The number of benzene rings is 1. The molecule has 28 heavy (non-hydrogen) atoms. The molecule has 1 saturated heterocycles. The van der Waals surface area contributed by atoms with E-state index in [9.17, 15) is 19.5 Å². The van der Waals surface area contributed by atoms with Crippen LogP contribution in [0.15, 0.2) is 24.3 Å². The van der Waals surface area contributed by atoms with Crippen LogP contribution in [0.3, 0.4) is 0 Å². The smallest absolute Gasteiger partial charge is 0.407 e. The van der Waals surface area contributed by atoms with Crippen molar-refractivity contribution in [2.45, 2.75) is 38.3 Å². The predicted octanol–water partition coefficient (Wildman–Crippen LogP) is 2.60. The molecule has 9 heteroatoms. The maximum absolute atomic E-state index is 13.1. The zero-order chi connectivity index (χ0) is 20.9. The average Bonchev–Trinajstić information content (AvgIpc) is 3.09. The van der Waals surface area contributed by atoms with Gasteiger partial charge in [0.1, 0.15) is 11.4 Å². The molecular formula is C19H25Cl2N3O4. The molecule has 1 aliphatic rings. The molecule has 154 valence electrons. The largest absolute Gasteiger partial charge is 0.465 e. The summed E-state index contributed by atoms with van der Waals surface area (Å²) in [6.07, 6.45) is -0.403. The van der Waals surface area contributed by atoms with Gasteiger partial charge in [0, 0.05) is 24.2 Å². The second kappa shape index (κ2) is 9.47. The minimum atomic E-state index is -1.28. The molecule has 0 unspecified atom stereocenters. The van der Waals surface area contributed by atoms with Crippen LogP contribution in [0.4, 0.5) is 4.79 Å². The first kappa shape index (κ1) is 22.3. The summed E-state index contributed by atoms with van der Waals surface area (Å²) in [6, 6.07) is 7.07. The monoisotopic (exact) mass is 429 g/mol. The van der Waals surface area contributed by atoms with Gasteiger partial charge in [-0.3, -0.25) is 9.59 Å². The van der Waals surface area contributed by atoms with Crippen LogP contribution in [0.1, 0.15) is 25.8 Å². The molecule has 1 aromatic rings. The third kappa shape index (κ3) is 5.08. The van der Waals surface area contributed by atoms with Crippen molar-refractivity contribution in [3.63, 3.8) is 0 Å². The van der Waals surface area contributed by atoms with Crippen molar-refractivity contribution in [1.29, 1.82) is 0 Å².